The number of amides is 2. The number of rotatable bonds is 9. The highest BCUT2D eigenvalue weighted by Gasteiger charge is 2.36. The van der Waals surface area contributed by atoms with Crippen LogP contribution in [-0.2, 0) is 19.1 Å². The number of carbonyl (C=O) groups is 3. The fourth-order valence-electron chi connectivity index (χ4n) is 4.49. The molecule has 2 N–H and O–H groups in total. The first-order chi connectivity index (χ1) is 16.0. The number of hydrogen-bond donors (Lipinski definition) is 2. The average Bonchev–Trinajstić information content (AvgIpc) is 3.10. The van der Waals surface area contributed by atoms with E-state index in [-0.39, 0.29) is 37.4 Å². The Morgan fingerprint density at radius 1 is 1.06 bits per heavy atom. The highest BCUT2D eigenvalue weighted by molar-refractivity contribution is 5.87. The summed E-state index contributed by atoms with van der Waals surface area (Å²) in [7, 11) is 0. The molecule has 4 rings (SSSR count). The summed E-state index contributed by atoms with van der Waals surface area (Å²) in [5.74, 6) is -1.45. The van der Waals surface area contributed by atoms with Crippen molar-refractivity contribution in [3.8, 4) is 11.1 Å². The van der Waals surface area contributed by atoms with E-state index in [2.05, 4.69) is 17.4 Å². The molecule has 1 aliphatic heterocycles. The first-order valence-corrected chi connectivity index (χ1v) is 11.2. The van der Waals surface area contributed by atoms with Gasteiger partial charge in [0, 0.05) is 32.0 Å². The normalized spacial score (nSPS) is 15.8. The van der Waals surface area contributed by atoms with Crippen molar-refractivity contribution < 1.29 is 29.0 Å². The van der Waals surface area contributed by atoms with Crippen molar-refractivity contribution in [1.29, 1.82) is 0 Å². The number of carboxylic acid groups (broad SMARTS) is 1. The van der Waals surface area contributed by atoms with Gasteiger partial charge in [-0.05, 0) is 35.6 Å². The molecule has 2 aromatic rings. The van der Waals surface area contributed by atoms with E-state index < -0.39 is 18.1 Å². The first-order valence-electron chi connectivity index (χ1n) is 11.2. The largest absolute Gasteiger partial charge is 0.481 e. The van der Waals surface area contributed by atoms with Crippen LogP contribution in [0.15, 0.2) is 48.5 Å². The Kier molecular flexibility index (Phi) is 6.93. The molecule has 1 atom stereocenters. The fourth-order valence-corrected chi connectivity index (χ4v) is 4.49. The van der Waals surface area contributed by atoms with E-state index in [1.807, 2.05) is 43.3 Å². The SMILES string of the molecule is CCOC1CN(C(=O)C(CCC(=O)O)NC(=O)OCC2c3ccccc3-c3ccccc32)C1. The van der Waals surface area contributed by atoms with Gasteiger partial charge in [0.15, 0.2) is 0 Å². The van der Waals surface area contributed by atoms with E-state index in [1.165, 1.54) is 0 Å². The first kappa shape index (κ1) is 22.8. The van der Waals surface area contributed by atoms with E-state index >= 15 is 0 Å². The second kappa shape index (κ2) is 10.0. The maximum atomic E-state index is 12.8. The van der Waals surface area contributed by atoms with Crippen LogP contribution in [0.1, 0.15) is 36.8 Å². The van der Waals surface area contributed by atoms with Crippen LogP contribution in [0.25, 0.3) is 11.1 Å². The highest BCUT2D eigenvalue weighted by Crippen LogP contribution is 2.44. The molecule has 1 heterocycles. The second-order valence-electron chi connectivity index (χ2n) is 8.28. The number of carbonyl (C=O) groups excluding carboxylic acids is 2. The van der Waals surface area contributed by atoms with Gasteiger partial charge in [-0.25, -0.2) is 4.79 Å². The van der Waals surface area contributed by atoms with Gasteiger partial charge in [-0.3, -0.25) is 9.59 Å². The van der Waals surface area contributed by atoms with Crippen molar-refractivity contribution in [2.75, 3.05) is 26.3 Å². The van der Waals surface area contributed by atoms with Crippen molar-refractivity contribution in [3.05, 3.63) is 59.7 Å². The predicted octanol–water partition coefficient (Wildman–Crippen LogP) is 3.01. The lowest BCUT2D eigenvalue weighted by atomic mass is 9.98. The van der Waals surface area contributed by atoms with Crippen molar-refractivity contribution in [2.45, 2.75) is 37.8 Å². The molecule has 2 amide bonds. The van der Waals surface area contributed by atoms with Gasteiger partial charge in [0.2, 0.25) is 5.91 Å². The number of likely N-dealkylation sites (tertiary alicyclic amines) is 1. The third-order valence-corrected chi connectivity index (χ3v) is 6.14. The van der Waals surface area contributed by atoms with Gasteiger partial charge in [-0.2, -0.15) is 0 Å². The number of alkyl carbamates (subject to hydrolysis) is 1. The average molecular weight is 453 g/mol. The summed E-state index contributed by atoms with van der Waals surface area (Å²) < 4.78 is 11.0. The van der Waals surface area contributed by atoms with Crippen LogP contribution in [0.3, 0.4) is 0 Å². The molecule has 1 fully saturated rings. The topological polar surface area (TPSA) is 105 Å². The van der Waals surface area contributed by atoms with Gasteiger partial charge in [0.05, 0.1) is 6.10 Å². The zero-order valence-electron chi connectivity index (χ0n) is 18.5. The number of benzene rings is 2. The number of hydrogen-bond acceptors (Lipinski definition) is 5. The summed E-state index contributed by atoms with van der Waals surface area (Å²) in [5, 5.41) is 11.6. The summed E-state index contributed by atoms with van der Waals surface area (Å²) in [4.78, 5) is 38.0. The van der Waals surface area contributed by atoms with Crippen molar-refractivity contribution in [3.63, 3.8) is 0 Å². The summed E-state index contributed by atoms with van der Waals surface area (Å²) in [6, 6.07) is 15.1. The molecule has 2 aromatic carbocycles. The predicted molar refractivity (Wildman–Crippen MR) is 121 cm³/mol. The maximum absolute atomic E-state index is 12.8. The van der Waals surface area contributed by atoms with Gasteiger partial charge in [-0.1, -0.05) is 48.5 Å². The monoisotopic (exact) mass is 452 g/mol. The lowest BCUT2D eigenvalue weighted by Gasteiger charge is -2.40. The highest BCUT2D eigenvalue weighted by atomic mass is 16.5. The Labute approximate surface area is 192 Å². The molecule has 8 nitrogen and oxygen atoms in total. The molecule has 1 saturated heterocycles. The fraction of sp³-hybridized carbons (Fsp3) is 0.400. The summed E-state index contributed by atoms with van der Waals surface area (Å²) in [6.07, 6.45) is -0.993. The quantitative estimate of drug-likeness (QED) is 0.606. The number of aliphatic carboxylic acids is 1. The Morgan fingerprint density at radius 3 is 2.24 bits per heavy atom. The van der Waals surface area contributed by atoms with Crippen molar-refractivity contribution in [2.24, 2.45) is 0 Å². The molecule has 0 saturated carbocycles. The minimum Gasteiger partial charge on any atom is -0.481 e. The Morgan fingerprint density at radius 2 is 1.67 bits per heavy atom. The Bertz CT molecular complexity index is 988. The molecule has 1 unspecified atom stereocenters. The maximum Gasteiger partial charge on any atom is 0.407 e. The van der Waals surface area contributed by atoms with Crippen LogP contribution < -0.4 is 5.32 Å². The smallest absolute Gasteiger partial charge is 0.407 e. The number of carboxylic acids is 1. The molecule has 174 valence electrons. The van der Waals surface area contributed by atoms with Crippen LogP contribution in [0.4, 0.5) is 4.79 Å². The minimum absolute atomic E-state index is 0.00579. The molecule has 0 radical (unpaired) electrons. The second-order valence-corrected chi connectivity index (χ2v) is 8.28. The Hall–Kier alpha value is -3.39. The number of ether oxygens (including phenoxy) is 2. The molecular formula is C25H28N2O6. The Balaban J connectivity index is 1.38. The number of nitrogens with zero attached hydrogens (tertiary/aromatic N) is 1. The van der Waals surface area contributed by atoms with Gasteiger partial charge in [-0.15, -0.1) is 0 Å². The third-order valence-electron chi connectivity index (χ3n) is 6.14. The lowest BCUT2D eigenvalue weighted by Crippen LogP contribution is -2.60. The van der Waals surface area contributed by atoms with Crippen LogP contribution in [0.5, 0.6) is 0 Å². The van der Waals surface area contributed by atoms with Crippen LogP contribution in [0.2, 0.25) is 0 Å². The molecule has 0 aromatic heterocycles. The summed E-state index contributed by atoms with van der Waals surface area (Å²) in [5.41, 5.74) is 4.43. The van der Waals surface area contributed by atoms with E-state index in [0.29, 0.717) is 19.7 Å². The molecule has 2 aliphatic rings. The molecule has 0 bridgehead atoms. The third kappa shape index (κ3) is 5.01. The van der Waals surface area contributed by atoms with E-state index in [0.717, 1.165) is 22.3 Å². The van der Waals surface area contributed by atoms with Crippen molar-refractivity contribution in [1.82, 2.24) is 10.2 Å². The standard InChI is InChI=1S/C25H28N2O6/c1-2-32-16-13-27(14-16)24(30)22(11-12-23(28)29)26-25(31)33-15-21-19-9-5-3-7-17(19)18-8-4-6-10-20(18)21/h3-10,16,21-22H,2,11-15H2,1H3,(H,26,31)(H,28,29). The molecule has 8 heteroatoms. The van der Waals surface area contributed by atoms with Crippen LogP contribution in [0, 0.1) is 0 Å². The zero-order chi connectivity index (χ0) is 23.4. The number of nitrogens with one attached hydrogen (secondary N) is 1. The molecule has 33 heavy (non-hydrogen) atoms. The van der Waals surface area contributed by atoms with E-state index in [9.17, 15) is 14.4 Å². The molecule has 0 spiro atoms. The van der Waals surface area contributed by atoms with Crippen LogP contribution >= 0.6 is 0 Å². The summed E-state index contributed by atoms with van der Waals surface area (Å²) >= 11 is 0. The van der Waals surface area contributed by atoms with E-state index in [1.54, 1.807) is 4.90 Å². The van der Waals surface area contributed by atoms with E-state index in [4.69, 9.17) is 14.6 Å². The summed E-state index contributed by atoms with van der Waals surface area (Å²) in [6.45, 7) is 3.44. The lowest BCUT2D eigenvalue weighted by molar-refractivity contribution is -0.147. The van der Waals surface area contributed by atoms with Gasteiger partial charge in [0.1, 0.15) is 12.6 Å². The molecular weight excluding hydrogens is 424 g/mol. The van der Waals surface area contributed by atoms with Gasteiger partial charge < -0.3 is 24.8 Å². The zero-order valence-corrected chi connectivity index (χ0v) is 18.5. The van der Waals surface area contributed by atoms with Crippen molar-refractivity contribution >= 4 is 18.0 Å². The minimum atomic E-state index is -1.03. The van der Waals surface area contributed by atoms with Gasteiger partial charge in [0.25, 0.3) is 0 Å². The molecule has 1 aliphatic carbocycles. The number of fused-ring (bicyclic) bond motifs is 3. The van der Waals surface area contributed by atoms with Crippen LogP contribution in [-0.4, -0.2) is 66.4 Å². The van der Waals surface area contributed by atoms with Gasteiger partial charge >= 0.3 is 12.1 Å².